The number of unbranched alkanes of at least 4 members (excludes halogenated alkanes) is 1. The van der Waals surface area contributed by atoms with Crippen LogP contribution < -0.4 is 0 Å². The van der Waals surface area contributed by atoms with E-state index in [0.29, 0.717) is 12.2 Å². The fraction of sp³-hybridized carbons (Fsp3) is 0.364. The third-order valence-electron chi connectivity index (χ3n) is 1.84. The number of pyridine rings is 1. The molecular weight excluding hydrogens is 192 g/mol. The van der Waals surface area contributed by atoms with E-state index in [1.54, 1.807) is 0 Å². The van der Waals surface area contributed by atoms with Crippen LogP contribution in [0.1, 0.15) is 35.8 Å². The zero-order valence-corrected chi connectivity index (χ0v) is 8.56. The van der Waals surface area contributed by atoms with Crippen molar-refractivity contribution >= 4 is 5.97 Å². The van der Waals surface area contributed by atoms with Gasteiger partial charge in [-0.05, 0) is 18.6 Å². The molecule has 1 rings (SSSR count). The Kier molecular flexibility index (Phi) is 4.30. The minimum absolute atomic E-state index is 0.222. The molecule has 0 aliphatic rings. The number of nitriles is 1. The van der Waals surface area contributed by atoms with Crippen LogP contribution in [0.25, 0.3) is 0 Å². The molecule has 0 aromatic carbocycles. The fourth-order valence-electron chi connectivity index (χ4n) is 1.01. The normalized spacial score (nSPS) is 9.33. The molecule has 0 saturated carbocycles. The predicted molar refractivity (Wildman–Crippen MR) is 54.1 cm³/mol. The van der Waals surface area contributed by atoms with E-state index in [1.165, 1.54) is 18.3 Å². The molecule has 4 heteroatoms. The lowest BCUT2D eigenvalue weighted by Gasteiger charge is -2.03. The minimum atomic E-state index is -0.401. The van der Waals surface area contributed by atoms with E-state index in [-0.39, 0.29) is 5.69 Å². The summed E-state index contributed by atoms with van der Waals surface area (Å²) in [6.45, 7) is 2.44. The van der Waals surface area contributed by atoms with Crippen molar-refractivity contribution in [3.05, 3.63) is 29.6 Å². The topological polar surface area (TPSA) is 63.0 Å². The molecule has 78 valence electrons. The van der Waals surface area contributed by atoms with Crippen LogP contribution >= 0.6 is 0 Å². The molecule has 0 N–H and O–H groups in total. The summed E-state index contributed by atoms with van der Waals surface area (Å²) in [6, 6.07) is 4.83. The highest BCUT2D eigenvalue weighted by atomic mass is 16.5. The van der Waals surface area contributed by atoms with Gasteiger partial charge in [0, 0.05) is 6.20 Å². The Morgan fingerprint density at radius 1 is 1.67 bits per heavy atom. The highest BCUT2D eigenvalue weighted by Crippen LogP contribution is 2.03. The molecule has 0 spiro atoms. The van der Waals surface area contributed by atoms with Gasteiger partial charge >= 0.3 is 5.97 Å². The molecule has 0 bridgehead atoms. The van der Waals surface area contributed by atoms with Crippen LogP contribution in [0, 0.1) is 11.3 Å². The Hall–Kier alpha value is -1.89. The lowest BCUT2D eigenvalue weighted by molar-refractivity contribution is 0.0499. The Morgan fingerprint density at radius 3 is 3.13 bits per heavy atom. The van der Waals surface area contributed by atoms with Crippen molar-refractivity contribution in [3.63, 3.8) is 0 Å². The van der Waals surface area contributed by atoms with Crippen LogP contribution in [0.2, 0.25) is 0 Å². The quantitative estimate of drug-likeness (QED) is 0.555. The molecule has 1 heterocycles. The molecule has 15 heavy (non-hydrogen) atoms. The van der Waals surface area contributed by atoms with Gasteiger partial charge in [-0.25, -0.2) is 9.78 Å². The van der Waals surface area contributed by atoms with Gasteiger partial charge in [0.1, 0.15) is 11.8 Å². The first-order valence-electron chi connectivity index (χ1n) is 4.81. The van der Waals surface area contributed by atoms with Gasteiger partial charge in [0.15, 0.2) is 0 Å². The van der Waals surface area contributed by atoms with Gasteiger partial charge in [-0.3, -0.25) is 0 Å². The van der Waals surface area contributed by atoms with Crippen LogP contribution in [-0.2, 0) is 4.74 Å². The van der Waals surface area contributed by atoms with Gasteiger partial charge in [-0.2, -0.15) is 5.26 Å². The number of ether oxygens (including phenoxy) is 1. The molecule has 0 amide bonds. The van der Waals surface area contributed by atoms with Crippen molar-refractivity contribution in [1.29, 1.82) is 5.26 Å². The molecule has 1 aromatic heterocycles. The second-order valence-electron chi connectivity index (χ2n) is 3.03. The summed E-state index contributed by atoms with van der Waals surface area (Å²) in [5.41, 5.74) is 0.595. The largest absolute Gasteiger partial charge is 0.462 e. The maximum Gasteiger partial charge on any atom is 0.338 e. The zero-order chi connectivity index (χ0) is 11.1. The highest BCUT2D eigenvalue weighted by Gasteiger charge is 2.07. The summed E-state index contributed by atoms with van der Waals surface area (Å²) in [4.78, 5) is 15.2. The number of carbonyl (C=O) groups excluding carboxylic acids is 1. The fourth-order valence-corrected chi connectivity index (χ4v) is 1.01. The first-order valence-corrected chi connectivity index (χ1v) is 4.81. The van der Waals surface area contributed by atoms with Crippen LogP contribution in [0.5, 0.6) is 0 Å². The monoisotopic (exact) mass is 204 g/mol. The molecule has 0 aliphatic heterocycles. The first kappa shape index (κ1) is 11.2. The van der Waals surface area contributed by atoms with Gasteiger partial charge in [-0.1, -0.05) is 13.3 Å². The van der Waals surface area contributed by atoms with E-state index in [2.05, 4.69) is 4.98 Å². The van der Waals surface area contributed by atoms with Gasteiger partial charge in [0.25, 0.3) is 0 Å². The average molecular weight is 204 g/mol. The third-order valence-corrected chi connectivity index (χ3v) is 1.84. The Balaban J connectivity index is 2.62. The molecule has 1 aromatic rings. The van der Waals surface area contributed by atoms with Crippen molar-refractivity contribution in [2.24, 2.45) is 0 Å². The summed E-state index contributed by atoms with van der Waals surface area (Å²) in [5.74, 6) is -0.401. The maximum atomic E-state index is 11.4. The van der Waals surface area contributed by atoms with E-state index < -0.39 is 5.97 Å². The van der Waals surface area contributed by atoms with E-state index in [0.717, 1.165) is 12.8 Å². The number of rotatable bonds is 4. The number of hydrogen-bond acceptors (Lipinski definition) is 4. The summed E-state index contributed by atoms with van der Waals surface area (Å²) in [7, 11) is 0. The Labute approximate surface area is 88.5 Å². The summed E-state index contributed by atoms with van der Waals surface area (Å²) in [6.07, 6.45) is 3.25. The van der Waals surface area contributed by atoms with Crippen molar-refractivity contribution in [3.8, 4) is 6.07 Å². The van der Waals surface area contributed by atoms with Crippen LogP contribution in [0.3, 0.4) is 0 Å². The molecule has 0 aliphatic carbocycles. The Morgan fingerprint density at radius 2 is 2.47 bits per heavy atom. The number of nitrogens with zero attached hydrogens (tertiary/aromatic N) is 2. The lowest BCUT2D eigenvalue weighted by atomic mass is 10.2. The van der Waals surface area contributed by atoms with Crippen molar-refractivity contribution in [2.45, 2.75) is 19.8 Å². The van der Waals surface area contributed by atoms with E-state index in [9.17, 15) is 4.79 Å². The molecule has 4 nitrogen and oxygen atoms in total. The summed E-state index contributed by atoms with van der Waals surface area (Å²) in [5, 5.41) is 8.59. The Bertz CT molecular complexity index is 382. The second-order valence-corrected chi connectivity index (χ2v) is 3.03. The van der Waals surface area contributed by atoms with Crippen LogP contribution in [-0.4, -0.2) is 17.6 Å². The van der Waals surface area contributed by atoms with Gasteiger partial charge in [-0.15, -0.1) is 0 Å². The first-order chi connectivity index (χ1) is 7.27. The predicted octanol–water partition coefficient (Wildman–Crippen LogP) is 1.91. The van der Waals surface area contributed by atoms with E-state index in [4.69, 9.17) is 10.00 Å². The lowest BCUT2D eigenvalue weighted by Crippen LogP contribution is -2.06. The third kappa shape index (κ3) is 3.39. The van der Waals surface area contributed by atoms with Crippen molar-refractivity contribution in [2.75, 3.05) is 6.61 Å². The molecule has 0 unspecified atom stereocenters. The SMILES string of the molecule is CCCCOC(=O)c1ccnc(C#N)c1. The minimum Gasteiger partial charge on any atom is -0.462 e. The second kappa shape index (κ2) is 5.76. The summed E-state index contributed by atoms with van der Waals surface area (Å²) >= 11 is 0. The molecule has 0 radical (unpaired) electrons. The summed E-state index contributed by atoms with van der Waals surface area (Å²) < 4.78 is 4.99. The van der Waals surface area contributed by atoms with E-state index in [1.807, 2.05) is 13.0 Å². The number of hydrogen-bond donors (Lipinski definition) is 0. The molecule has 0 atom stereocenters. The standard InChI is InChI=1S/C11H12N2O2/c1-2-3-6-15-11(14)9-4-5-13-10(7-9)8-12/h4-5,7H,2-3,6H2,1H3. The van der Waals surface area contributed by atoms with Crippen molar-refractivity contribution < 1.29 is 9.53 Å². The molecule has 0 fully saturated rings. The number of esters is 1. The average Bonchev–Trinajstić information content (AvgIpc) is 2.29. The highest BCUT2D eigenvalue weighted by molar-refractivity contribution is 5.89. The van der Waals surface area contributed by atoms with Gasteiger partial charge in [0.05, 0.1) is 12.2 Å². The maximum absolute atomic E-state index is 11.4. The van der Waals surface area contributed by atoms with Crippen LogP contribution in [0.4, 0.5) is 0 Å². The van der Waals surface area contributed by atoms with Gasteiger partial charge in [0.2, 0.25) is 0 Å². The van der Waals surface area contributed by atoms with Crippen molar-refractivity contribution in [1.82, 2.24) is 4.98 Å². The van der Waals surface area contributed by atoms with E-state index >= 15 is 0 Å². The number of carbonyl (C=O) groups is 1. The van der Waals surface area contributed by atoms with Crippen LogP contribution in [0.15, 0.2) is 18.3 Å². The molecular formula is C11H12N2O2. The smallest absolute Gasteiger partial charge is 0.338 e. The van der Waals surface area contributed by atoms with Gasteiger partial charge < -0.3 is 4.74 Å². The molecule has 0 saturated heterocycles. The zero-order valence-electron chi connectivity index (χ0n) is 8.56. The number of aromatic nitrogens is 1.